The van der Waals surface area contributed by atoms with Gasteiger partial charge < -0.3 is 10.6 Å². The van der Waals surface area contributed by atoms with Crippen LogP contribution in [0.3, 0.4) is 0 Å². The first-order chi connectivity index (χ1) is 11.0. The van der Waals surface area contributed by atoms with Crippen molar-refractivity contribution in [1.29, 1.82) is 0 Å². The average molecular weight is 348 g/mol. The summed E-state index contributed by atoms with van der Waals surface area (Å²) < 4.78 is 0.764. The fraction of sp³-hybridized carbons (Fsp3) is 0.312. The summed E-state index contributed by atoms with van der Waals surface area (Å²) in [7, 11) is 0. The molecule has 0 aliphatic heterocycles. The van der Waals surface area contributed by atoms with Gasteiger partial charge in [0.2, 0.25) is 11.0 Å². The monoisotopic (exact) mass is 348 g/mol. The predicted octanol–water partition coefficient (Wildman–Crippen LogP) is 3.87. The third kappa shape index (κ3) is 5.07. The minimum absolute atomic E-state index is 0.0421. The molecule has 122 valence electrons. The highest BCUT2D eigenvalue weighted by Crippen LogP contribution is 2.29. The molecule has 1 unspecified atom stereocenters. The highest BCUT2D eigenvalue weighted by Gasteiger charge is 2.18. The van der Waals surface area contributed by atoms with E-state index in [2.05, 4.69) is 27.4 Å². The lowest BCUT2D eigenvalue weighted by Gasteiger charge is -2.12. The lowest BCUT2D eigenvalue weighted by Crippen LogP contribution is -2.22. The molecule has 1 aromatic heterocycles. The third-order valence-corrected chi connectivity index (χ3v) is 5.17. The minimum Gasteiger partial charge on any atom is -0.357 e. The number of amides is 1. The fourth-order valence-electron chi connectivity index (χ4n) is 1.80. The zero-order valence-electron chi connectivity index (χ0n) is 13.4. The van der Waals surface area contributed by atoms with Crippen LogP contribution < -0.4 is 10.6 Å². The number of nitrogens with one attached hydrogen (secondary N) is 2. The van der Waals surface area contributed by atoms with Crippen LogP contribution >= 0.6 is 23.1 Å². The zero-order valence-corrected chi connectivity index (χ0v) is 15.1. The standard InChI is InChI=1S/C16H20N4OS2/c1-5-8-17-15-19-20-16(23-15)22-12(4)14(21)18-13-9-10(2)6-7-11(13)3/h5-7,9,12H,1,8H2,2-4H3,(H,17,19)(H,18,21). The maximum absolute atomic E-state index is 12.4. The van der Waals surface area contributed by atoms with E-state index in [4.69, 9.17) is 0 Å². The molecule has 5 nitrogen and oxygen atoms in total. The SMILES string of the molecule is C=CCNc1nnc(SC(C)C(=O)Nc2cc(C)ccc2C)s1. The third-order valence-electron chi connectivity index (χ3n) is 3.10. The number of carbonyl (C=O) groups excluding carboxylic acids is 1. The lowest BCUT2D eigenvalue weighted by atomic mass is 10.1. The van der Waals surface area contributed by atoms with Gasteiger partial charge in [0.25, 0.3) is 0 Å². The summed E-state index contributed by atoms with van der Waals surface area (Å²) >= 11 is 2.83. The van der Waals surface area contributed by atoms with Crippen LogP contribution in [0.15, 0.2) is 35.2 Å². The molecule has 0 aliphatic rings. The van der Waals surface area contributed by atoms with Crippen molar-refractivity contribution in [3.05, 3.63) is 42.0 Å². The Morgan fingerprint density at radius 1 is 1.43 bits per heavy atom. The van der Waals surface area contributed by atoms with Gasteiger partial charge in [-0.05, 0) is 38.0 Å². The fourth-order valence-corrected chi connectivity index (χ4v) is 3.70. The highest BCUT2D eigenvalue weighted by atomic mass is 32.2. The summed E-state index contributed by atoms with van der Waals surface area (Å²) in [4.78, 5) is 12.4. The summed E-state index contributed by atoms with van der Waals surface area (Å²) in [6.07, 6.45) is 1.76. The van der Waals surface area contributed by atoms with Gasteiger partial charge >= 0.3 is 0 Å². The molecule has 2 rings (SSSR count). The van der Waals surface area contributed by atoms with Crippen molar-refractivity contribution < 1.29 is 4.79 Å². The second-order valence-electron chi connectivity index (χ2n) is 5.11. The first-order valence-corrected chi connectivity index (χ1v) is 8.92. The van der Waals surface area contributed by atoms with Gasteiger partial charge in [-0.2, -0.15) is 0 Å². The second-order valence-corrected chi connectivity index (χ2v) is 7.68. The van der Waals surface area contributed by atoms with E-state index in [-0.39, 0.29) is 11.2 Å². The van der Waals surface area contributed by atoms with Gasteiger partial charge in [0, 0.05) is 12.2 Å². The van der Waals surface area contributed by atoms with E-state index < -0.39 is 0 Å². The van der Waals surface area contributed by atoms with Crippen molar-refractivity contribution in [2.45, 2.75) is 30.4 Å². The molecule has 1 atom stereocenters. The Morgan fingerprint density at radius 2 is 2.22 bits per heavy atom. The van der Waals surface area contributed by atoms with Crippen molar-refractivity contribution in [2.24, 2.45) is 0 Å². The lowest BCUT2D eigenvalue weighted by molar-refractivity contribution is -0.115. The molecule has 2 aromatic rings. The number of thioether (sulfide) groups is 1. The molecule has 0 saturated carbocycles. The molecule has 23 heavy (non-hydrogen) atoms. The molecule has 2 N–H and O–H groups in total. The molecule has 7 heteroatoms. The minimum atomic E-state index is -0.255. The van der Waals surface area contributed by atoms with E-state index in [0.29, 0.717) is 6.54 Å². The summed E-state index contributed by atoms with van der Waals surface area (Å²) in [5.74, 6) is -0.0421. The van der Waals surface area contributed by atoms with Crippen molar-refractivity contribution in [1.82, 2.24) is 10.2 Å². The van der Waals surface area contributed by atoms with Crippen LogP contribution in [0.4, 0.5) is 10.8 Å². The van der Waals surface area contributed by atoms with Gasteiger partial charge in [-0.1, -0.05) is 41.3 Å². The maximum atomic E-state index is 12.4. The summed E-state index contributed by atoms with van der Waals surface area (Å²) in [6.45, 7) is 10.1. The molecular weight excluding hydrogens is 328 g/mol. The molecular formula is C16H20N4OS2. The van der Waals surface area contributed by atoms with E-state index in [1.165, 1.54) is 23.1 Å². The molecule has 1 amide bonds. The Labute approximate surface area is 144 Å². The quantitative estimate of drug-likeness (QED) is 0.587. The van der Waals surface area contributed by atoms with E-state index in [9.17, 15) is 4.79 Å². The van der Waals surface area contributed by atoms with Gasteiger partial charge in [0.15, 0.2) is 4.34 Å². The van der Waals surface area contributed by atoms with Gasteiger partial charge in [0.05, 0.1) is 5.25 Å². The Bertz CT molecular complexity index is 699. The average Bonchev–Trinajstić information content (AvgIpc) is 2.96. The van der Waals surface area contributed by atoms with Crippen LogP contribution in [0.2, 0.25) is 0 Å². The maximum Gasteiger partial charge on any atom is 0.237 e. The number of aromatic nitrogens is 2. The second kappa shape index (κ2) is 8.12. The summed E-state index contributed by atoms with van der Waals surface area (Å²) in [6, 6.07) is 6.01. The number of carbonyl (C=O) groups is 1. The number of nitrogens with zero attached hydrogens (tertiary/aromatic N) is 2. The van der Waals surface area contributed by atoms with Crippen molar-refractivity contribution in [2.75, 3.05) is 17.2 Å². The summed E-state index contributed by atoms with van der Waals surface area (Å²) in [5, 5.41) is 14.7. The van der Waals surface area contributed by atoms with Crippen LogP contribution in [-0.2, 0) is 4.79 Å². The highest BCUT2D eigenvalue weighted by molar-refractivity contribution is 8.02. The van der Waals surface area contributed by atoms with Crippen molar-refractivity contribution >= 4 is 39.8 Å². The number of hydrogen-bond donors (Lipinski definition) is 2. The first kappa shape index (κ1) is 17.5. The van der Waals surface area contributed by atoms with Crippen LogP contribution in [0.1, 0.15) is 18.1 Å². The van der Waals surface area contributed by atoms with E-state index in [1.54, 1.807) is 6.08 Å². The van der Waals surface area contributed by atoms with Gasteiger partial charge in [-0.3, -0.25) is 4.79 Å². The molecule has 0 aliphatic carbocycles. The zero-order chi connectivity index (χ0) is 16.8. The van der Waals surface area contributed by atoms with Gasteiger partial charge in [-0.25, -0.2) is 0 Å². The molecule has 0 fully saturated rings. The van der Waals surface area contributed by atoms with Crippen molar-refractivity contribution in [3.8, 4) is 0 Å². The van der Waals surface area contributed by atoms with Crippen molar-refractivity contribution in [3.63, 3.8) is 0 Å². The Balaban J connectivity index is 1.95. The molecule has 0 spiro atoms. The smallest absolute Gasteiger partial charge is 0.237 e. The van der Waals surface area contributed by atoms with Gasteiger partial charge in [-0.15, -0.1) is 16.8 Å². The van der Waals surface area contributed by atoms with Crippen LogP contribution in [0, 0.1) is 13.8 Å². The number of anilines is 2. The van der Waals surface area contributed by atoms with E-state index in [0.717, 1.165) is 26.3 Å². The Hall–Kier alpha value is -1.86. The Kier molecular flexibility index (Phi) is 6.18. The molecule has 0 bridgehead atoms. The predicted molar refractivity (Wildman–Crippen MR) is 98.5 cm³/mol. The van der Waals surface area contributed by atoms with E-state index >= 15 is 0 Å². The van der Waals surface area contributed by atoms with Crippen LogP contribution in [-0.4, -0.2) is 27.9 Å². The first-order valence-electron chi connectivity index (χ1n) is 7.22. The summed E-state index contributed by atoms with van der Waals surface area (Å²) in [5.41, 5.74) is 3.02. The molecule has 0 radical (unpaired) electrons. The van der Waals surface area contributed by atoms with E-state index in [1.807, 2.05) is 39.0 Å². The van der Waals surface area contributed by atoms with Crippen LogP contribution in [0.5, 0.6) is 0 Å². The number of hydrogen-bond acceptors (Lipinski definition) is 6. The topological polar surface area (TPSA) is 66.9 Å². The number of benzene rings is 1. The number of aryl methyl sites for hydroxylation is 2. The van der Waals surface area contributed by atoms with Gasteiger partial charge in [0.1, 0.15) is 0 Å². The number of rotatable bonds is 7. The normalized spacial score (nSPS) is 11.8. The molecule has 1 heterocycles. The largest absolute Gasteiger partial charge is 0.357 e. The Morgan fingerprint density at radius 3 is 2.96 bits per heavy atom. The van der Waals surface area contributed by atoms with Crippen LogP contribution in [0.25, 0.3) is 0 Å². The molecule has 0 saturated heterocycles. The molecule has 1 aromatic carbocycles.